The zero-order valence-corrected chi connectivity index (χ0v) is 13.5. The van der Waals surface area contributed by atoms with Gasteiger partial charge < -0.3 is 19.7 Å². The summed E-state index contributed by atoms with van der Waals surface area (Å²) in [6, 6.07) is 1.84. The van der Waals surface area contributed by atoms with Crippen molar-refractivity contribution < 1.29 is 62.3 Å². The summed E-state index contributed by atoms with van der Waals surface area (Å²) in [6.45, 7) is -0.655. The second kappa shape index (κ2) is 7.60. The van der Waals surface area contributed by atoms with E-state index in [4.69, 9.17) is 9.29 Å². The van der Waals surface area contributed by atoms with Crippen molar-refractivity contribution in [2.75, 3.05) is 13.7 Å². The number of ether oxygens (including phenoxy) is 1. The van der Waals surface area contributed by atoms with Crippen LogP contribution in [0.1, 0.15) is 5.56 Å². The van der Waals surface area contributed by atoms with Crippen molar-refractivity contribution in [3.63, 3.8) is 0 Å². The zero-order chi connectivity index (χ0) is 14.6. The average Bonchev–Trinajstić information content (AvgIpc) is 2.29. The summed E-state index contributed by atoms with van der Waals surface area (Å²) in [4.78, 5) is 13.1. The Morgan fingerprint density at radius 2 is 2.10 bits per heavy atom. The number of methoxy groups -OCH3 is 1. The molecular weight excluding hydrogens is 301 g/mol. The van der Waals surface area contributed by atoms with Gasteiger partial charge in [0.25, 0.3) is 10.1 Å². The van der Waals surface area contributed by atoms with E-state index in [1.807, 2.05) is 0 Å². The number of carboxylic acid groups (broad SMARTS) is 1. The molecule has 0 aromatic heterocycles. The van der Waals surface area contributed by atoms with Gasteiger partial charge in [-0.15, -0.1) is 0 Å². The van der Waals surface area contributed by atoms with E-state index in [0.717, 1.165) is 18.3 Å². The molecule has 2 N–H and O–H groups in total. The van der Waals surface area contributed by atoms with Crippen LogP contribution in [-0.4, -0.2) is 43.9 Å². The molecule has 0 amide bonds. The minimum absolute atomic E-state index is 0. The molecule has 0 aliphatic rings. The van der Waals surface area contributed by atoms with E-state index in [2.05, 4.69) is 4.99 Å². The number of aromatic hydroxyl groups is 1. The number of aliphatic carboxylic acids is 1. The van der Waals surface area contributed by atoms with Crippen molar-refractivity contribution in [1.29, 1.82) is 0 Å². The van der Waals surface area contributed by atoms with E-state index in [9.17, 15) is 23.4 Å². The van der Waals surface area contributed by atoms with Gasteiger partial charge >= 0.3 is 29.6 Å². The number of nitrogens with zero attached hydrogens (tertiary/aromatic N) is 1. The van der Waals surface area contributed by atoms with Crippen molar-refractivity contribution in [2.45, 2.75) is 4.90 Å². The predicted molar refractivity (Wildman–Crippen MR) is 61.9 cm³/mol. The second-order valence-corrected chi connectivity index (χ2v) is 4.80. The summed E-state index contributed by atoms with van der Waals surface area (Å²) in [7, 11) is -3.31. The van der Waals surface area contributed by atoms with E-state index in [1.54, 1.807) is 0 Å². The topological polar surface area (TPSA) is 136 Å². The molecule has 1 aromatic rings. The Bertz CT molecular complexity index is 627. The molecule has 1 rings (SSSR count). The minimum atomic E-state index is -4.50. The summed E-state index contributed by atoms with van der Waals surface area (Å²) in [5, 5.41) is 19.9. The van der Waals surface area contributed by atoms with Crippen molar-refractivity contribution in [2.24, 2.45) is 4.99 Å². The van der Waals surface area contributed by atoms with Gasteiger partial charge in [-0.05, 0) is 6.07 Å². The first-order valence-corrected chi connectivity index (χ1v) is 6.28. The van der Waals surface area contributed by atoms with Crippen LogP contribution >= 0.6 is 0 Å². The third-order valence-corrected chi connectivity index (χ3v) is 2.88. The van der Waals surface area contributed by atoms with Crippen molar-refractivity contribution in [1.82, 2.24) is 0 Å². The molecule has 0 heterocycles. The first kappa shape index (κ1) is 18.9. The quantitative estimate of drug-likeness (QED) is 0.320. The molecule has 1 aromatic carbocycles. The summed E-state index contributed by atoms with van der Waals surface area (Å²) in [5.41, 5.74) is -0.117. The fraction of sp³-hybridized carbons (Fsp3) is 0.200. The SMILES string of the molecule is COc1cc(S(=O)(=O)O)cc(C=NCC(=O)[O-])c1O.[Na+]. The Kier molecular flexibility index (Phi) is 7.17. The van der Waals surface area contributed by atoms with Crippen LogP contribution in [0.2, 0.25) is 0 Å². The van der Waals surface area contributed by atoms with E-state index in [0.29, 0.717) is 0 Å². The molecule has 104 valence electrons. The first-order chi connectivity index (χ1) is 8.75. The summed E-state index contributed by atoms with van der Waals surface area (Å²) < 4.78 is 35.7. The number of carboxylic acids is 1. The van der Waals surface area contributed by atoms with Crippen LogP contribution in [0.15, 0.2) is 22.0 Å². The van der Waals surface area contributed by atoms with E-state index >= 15 is 0 Å². The molecule has 0 unspecified atom stereocenters. The number of hydrogen-bond acceptors (Lipinski definition) is 7. The largest absolute Gasteiger partial charge is 1.00 e. The molecule has 0 saturated carbocycles. The van der Waals surface area contributed by atoms with Gasteiger partial charge in [0.15, 0.2) is 11.5 Å². The Balaban J connectivity index is 0.00000361. The number of rotatable bonds is 5. The monoisotopic (exact) mass is 311 g/mol. The van der Waals surface area contributed by atoms with Gasteiger partial charge in [0.05, 0.1) is 24.5 Å². The molecule has 0 radical (unpaired) electrons. The van der Waals surface area contributed by atoms with Gasteiger partial charge in [-0.1, -0.05) is 0 Å². The molecule has 8 nitrogen and oxygen atoms in total. The van der Waals surface area contributed by atoms with Gasteiger partial charge in [-0.25, -0.2) is 0 Å². The maximum absolute atomic E-state index is 11.0. The Hall–Kier alpha value is -1.13. The Labute approximate surface area is 137 Å². The molecule has 0 saturated heterocycles. The second-order valence-electron chi connectivity index (χ2n) is 3.38. The molecule has 0 fully saturated rings. The standard InChI is InChI=1S/C10H11NO7S.Na/c1-18-8-3-7(19(15,16)17)2-6(10(8)14)4-11-5-9(12)13;/h2-4,14H,5H2,1H3,(H,12,13)(H,15,16,17);/q;+1/p-1. The first-order valence-electron chi connectivity index (χ1n) is 4.84. The fourth-order valence-electron chi connectivity index (χ4n) is 1.22. The van der Waals surface area contributed by atoms with Gasteiger partial charge in [-0.3, -0.25) is 9.55 Å². The summed E-state index contributed by atoms with van der Waals surface area (Å²) >= 11 is 0. The molecule has 20 heavy (non-hydrogen) atoms. The Morgan fingerprint density at radius 1 is 1.50 bits per heavy atom. The molecule has 0 spiro atoms. The molecule has 0 bridgehead atoms. The van der Waals surface area contributed by atoms with Crippen LogP contribution in [-0.2, 0) is 14.9 Å². The number of phenolic OH excluding ortho intramolecular Hbond substituents is 1. The number of benzene rings is 1. The maximum Gasteiger partial charge on any atom is 1.00 e. The summed E-state index contributed by atoms with van der Waals surface area (Å²) in [6.07, 6.45) is 0.933. The average molecular weight is 311 g/mol. The van der Waals surface area contributed by atoms with Crippen LogP contribution < -0.4 is 39.4 Å². The van der Waals surface area contributed by atoms with E-state index in [-0.39, 0.29) is 40.9 Å². The zero-order valence-electron chi connectivity index (χ0n) is 10.7. The van der Waals surface area contributed by atoms with Crippen molar-refractivity contribution in [3.05, 3.63) is 17.7 Å². The van der Waals surface area contributed by atoms with Crippen LogP contribution in [0.5, 0.6) is 11.5 Å². The maximum atomic E-state index is 11.0. The fourth-order valence-corrected chi connectivity index (χ4v) is 1.76. The van der Waals surface area contributed by atoms with E-state index in [1.165, 1.54) is 7.11 Å². The number of aliphatic imine (C=N–C) groups is 1. The van der Waals surface area contributed by atoms with Crippen LogP contribution in [0, 0.1) is 0 Å². The molecular formula is C10H10NNaO7S. The number of hydrogen-bond donors (Lipinski definition) is 2. The van der Waals surface area contributed by atoms with Crippen LogP contribution in [0.25, 0.3) is 0 Å². The molecule has 0 aliphatic carbocycles. The normalized spacial score (nSPS) is 11.1. The molecule has 0 aliphatic heterocycles. The van der Waals surface area contributed by atoms with Gasteiger partial charge in [-0.2, -0.15) is 8.42 Å². The van der Waals surface area contributed by atoms with Gasteiger partial charge in [0, 0.05) is 17.8 Å². The van der Waals surface area contributed by atoms with Gasteiger partial charge in [0.1, 0.15) is 0 Å². The van der Waals surface area contributed by atoms with E-state index < -0.39 is 33.3 Å². The van der Waals surface area contributed by atoms with Crippen molar-refractivity contribution in [3.8, 4) is 11.5 Å². The van der Waals surface area contributed by atoms with Crippen LogP contribution in [0.4, 0.5) is 0 Å². The minimum Gasteiger partial charge on any atom is -0.548 e. The summed E-state index contributed by atoms with van der Waals surface area (Å²) in [5.74, 6) is -2.07. The predicted octanol–water partition coefficient (Wildman–Crippen LogP) is -4.18. The van der Waals surface area contributed by atoms with Gasteiger partial charge in [0.2, 0.25) is 0 Å². The Morgan fingerprint density at radius 3 is 2.55 bits per heavy atom. The third kappa shape index (κ3) is 5.10. The molecule has 0 atom stereocenters. The molecule has 10 heteroatoms. The third-order valence-electron chi connectivity index (χ3n) is 2.05. The smallest absolute Gasteiger partial charge is 0.548 e. The number of phenols is 1. The number of carbonyl (C=O) groups excluding carboxylic acids is 1. The van der Waals surface area contributed by atoms with Crippen molar-refractivity contribution >= 4 is 22.3 Å². The number of carbonyl (C=O) groups is 1. The van der Waals surface area contributed by atoms with Crippen LogP contribution in [0.3, 0.4) is 0 Å².